The zero-order valence-corrected chi connectivity index (χ0v) is 14.7. The third kappa shape index (κ3) is 6.35. The van der Waals surface area contributed by atoms with Gasteiger partial charge in [-0.05, 0) is 41.3 Å². The molecule has 0 spiro atoms. The summed E-state index contributed by atoms with van der Waals surface area (Å²) in [5.41, 5.74) is 3.95. The normalized spacial score (nSPS) is 10.9. The van der Waals surface area contributed by atoms with Crippen molar-refractivity contribution in [3.63, 3.8) is 0 Å². The first-order valence-electron chi connectivity index (χ1n) is 8.22. The first-order valence-corrected chi connectivity index (χ1v) is 8.22. The fourth-order valence-corrected chi connectivity index (χ4v) is 2.05. The van der Waals surface area contributed by atoms with Crippen LogP contribution in [0.5, 0.6) is 5.75 Å². The van der Waals surface area contributed by atoms with Gasteiger partial charge in [0.25, 0.3) is 5.69 Å². The molecule has 0 fully saturated rings. The number of nitrogens with zero attached hydrogens (tertiary/aromatic N) is 2. The molecule has 2 aromatic rings. The van der Waals surface area contributed by atoms with E-state index in [0.717, 1.165) is 11.3 Å². The van der Waals surface area contributed by atoms with E-state index in [1.807, 2.05) is 24.3 Å². The van der Waals surface area contributed by atoms with Crippen LogP contribution in [0.25, 0.3) is 0 Å². The van der Waals surface area contributed by atoms with E-state index in [4.69, 9.17) is 4.74 Å². The number of benzene rings is 2. The molecule has 2 aromatic carbocycles. The fraction of sp³-hybridized carbons (Fsp3) is 0.263. The molecule has 26 heavy (non-hydrogen) atoms. The van der Waals surface area contributed by atoms with E-state index in [1.165, 1.54) is 18.3 Å². The minimum atomic E-state index is -0.470. The van der Waals surface area contributed by atoms with Gasteiger partial charge >= 0.3 is 0 Å². The average Bonchev–Trinajstić information content (AvgIpc) is 2.61. The van der Waals surface area contributed by atoms with Crippen molar-refractivity contribution in [1.29, 1.82) is 0 Å². The largest absolute Gasteiger partial charge is 0.493 e. The first-order chi connectivity index (χ1) is 12.4. The molecule has 2 rings (SSSR count). The highest BCUT2D eigenvalue weighted by molar-refractivity contribution is 5.83. The molecule has 7 heteroatoms. The molecule has 0 atom stereocenters. The number of rotatable bonds is 8. The van der Waals surface area contributed by atoms with E-state index in [-0.39, 0.29) is 18.0 Å². The van der Waals surface area contributed by atoms with Crippen LogP contribution < -0.4 is 10.2 Å². The number of carbonyl (C=O) groups excluding carboxylic acids is 1. The fourth-order valence-electron chi connectivity index (χ4n) is 2.05. The molecule has 1 amide bonds. The summed E-state index contributed by atoms with van der Waals surface area (Å²) in [6.45, 7) is 4.81. The Morgan fingerprint density at radius 2 is 1.85 bits per heavy atom. The predicted octanol–water partition coefficient (Wildman–Crippen LogP) is 3.32. The Hall–Kier alpha value is -3.22. The van der Waals surface area contributed by atoms with Crippen LogP contribution in [0.3, 0.4) is 0 Å². The Bertz CT molecular complexity index is 768. The van der Waals surface area contributed by atoms with Crippen LogP contribution in [0, 0.1) is 16.0 Å². The molecular weight excluding hydrogens is 334 g/mol. The lowest BCUT2D eigenvalue weighted by atomic mass is 10.1. The second-order valence-electron chi connectivity index (χ2n) is 6.17. The second kappa shape index (κ2) is 9.31. The van der Waals surface area contributed by atoms with Gasteiger partial charge in [0, 0.05) is 12.1 Å². The van der Waals surface area contributed by atoms with Gasteiger partial charge in [-0.15, -0.1) is 0 Å². The monoisotopic (exact) mass is 355 g/mol. The summed E-state index contributed by atoms with van der Waals surface area (Å²) < 4.78 is 5.60. The second-order valence-corrected chi connectivity index (χ2v) is 6.17. The van der Waals surface area contributed by atoms with E-state index >= 15 is 0 Å². The zero-order chi connectivity index (χ0) is 18.9. The topological polar surface area (TPSA) is 93.8 Å². The van der Waals surface area contributed by atoms with Gasteiger partial charge in [0.1, 0.15) is 5.75 Å². The van der Waals surface area contributed by atoms with Gasteiger partial charge in [-0.3, -0.25) is 14.9 Å². The van der Waals surface area contributed by atoms with E-state index in [1.54, 1.807) is 12.1 Å². The Kier molecular flexibility index (Phi) is 6.84. The van der Waals surface area contributed by atoms with Crippen LogP contribution in [-0.4, -0.2) is 23.7 Å². The van der Waals surface area contributed by atoms with E-state index in [2.05, 4.69) is 24.4 Å². The van der Waals surface area contributed by atoms with E-state index < -0.39 is 4.92 Å². The van der Waals surface area contributed by atoms with Gasteiger partial charge in [-0.1, -0.05) is 26.0 Å². The number of carbonyl (C=O) groups is 1. The maximum Gasteiger partial charge on any atom is 0.269 e. The molecule has 0 unspecified atom stereocenters. The van der Waals surface area contributed by atoms with Crippen molar-refractivity contribution in [2.24, 2.45) is 11.0 Å². The molecule has 7 nitrogen and oxygen atoms in total. The van der Waals surface area contributed by atoms with Crippen LogP contribution in [0.4, 0.5) is 5.69 Å². The molecular formula is C19H21N3O4. The van der Waals surface area contributed by atoms with Crippen LogP contribution in [0.1, 0.15) is 25.0 Å². The highest BCUT2D eigenvalue weighted by atomic mass is 16.6. The maximum absolute atomic E-state index is 11.9. The van der Waals surface area contributed by atoms with Crippen molar-refractivity contribution in [3.05, 3.63) is 69.8 Å². The number of amides is 1. The Labute approximate surface area is 151 Å². The van der Waals surface area contributed by atoms with Crippen LogP contribution >= 0.6 is 0 Å². The minimum Gasteiger partial charge on any atom is -0.493 e. The number of hydrazone groups is 1. The molecule has 0 aliphatic rings. The molecule has 0 aliphatic carbocycles. The van der Waals surface area contributed by atoms with Crippen LogP contribution in [0.15, 0.2) is 53.6 Å². The molecule has 0 radical (unpaired) electrons. The summed E-state index contributed by atoms with van der Waals surface area (Å²) in [7, 11) is 0. The lowest BCUT2D eigenvalue weighted by Crippen LogP contribution is -2.19. The molecule has 0 aliphatic heterocycles. The third-order valence-electron chi connectivity index (χ3n) is 3.38. The molecule has 0 bridgehead atoms. The van der Waals surface area contributed by atoms with Gasteiger partial charge in [-0.25, -0.2) is 5.43 Å². The Morgan fingerprint density at radius 1 is 1.19 bits per heavy atom. The quantitative estimate of drug-likeness (QED) is 0.446. The third-order valence-corrected chi connectivity index (χ3v) is 3.38. The van der Waals surface area contributed by atoms with Crippen LogP contribution in [0.2, 0.25) is 0 Å². The minimum absolute atomic E-state index is 0.00649. The Morgan fingerprint density at radius 3 is 2.42 bits per heavy atom. The van der Waals surface area contributed by atoms with Crippen LogP contribution in [-0.2, 0) is 11.2 Å². The number of hydrogen-bond acceptors (Lipinski definition) is 5. The summed E-state index contributed by atoms with van der Waals surface area (Å²) in [5.74, 6) is 0.979. The molecule has 0 aromatic heterocycles. The highest BCUT2D eigenvalue weighted by Crippen LogP contribution is 2.14. The molecule has 0 heterocycles. The number of nitro benzene ring substituents is 1. The highest BCUT2D eigenvalue weighted by Gasteiger charge is 2.04. The zero-order valence-electron chi connectivity index (χ0n) is 14.7. The lowest BCUT2D eigenvalue weighted by molar-refractivity contribution is -0.384. The first kappa shape index (κ1) is 19.1. The number of nitrogens with one attached hydrogen (secondary N) is 1. The average molecular weight is 355 g/mol. The summed E-state index contributed by atoms with van der Waals surface area (Å²) in [6, 6.07) is 13.2. The lowest BCUT2D eigenvalue weighted by Gasteiger charge is -2.09. The number of non-ortho nitro benzene ring substituents is 1. The maximum atomic E-state index is 11.9. The smallest absolute Gasteiger partial charge is 0.269 e. The molecule has 0 saturated carbocycles. The van der Waals surface area contributed by atoms with E-state index in [0.29, 0.717) is 18.1 Å². The van der Waals surface area contributed by atoms with Crippen molar-refractivity contribution >= 4 is 17.8 Å². The van der Waals surface area contributed by atoms with Crippen molar-refractivity contribution in [1.82, 2.24) is 5.43 Å². The van der Waals surface area contributed by atoms with Crippen molar-refractivity contribution in [2.45, 2.75) is 20.3 Å². The Balaban J connectivity index is 1.81. The van der Waals surface area contributed by atoms with Gasteiger partial charge in [0.15, 0.2) is 0 Å². The summed E-state index contributed by atoms with van der Waals surface area (Å²) in [5, 5.41) is 14.4. The van der Waals surface area contributed by atoms with Crippen molar-refractivity contribution in [2.75, 3.05) is 6.61 Å². The van der Waals surface area contributed by atoms with Gasteiger partial charge in [0.2, 0.25) is 5.91 Å². The standard InChI is InChI=1S/C19H21N3O4/c1-14(2)13-26-18-9-5-15(6-10-18)11-19(23)21-20-12-16-3-7-17(8-4-16)22(24)25/h3-10,12,14H,11,13H2,1-2H3,(H,21,23)/b20-12+. The number of ether oxygens (including phenoxy) is 1. The molecule has 1 N–H and O–H groups in total. The van der Waals surface area contributed by atoms with E-state index in [9.17, 15) is 14.9 Å². The summed E-state index contributed by atoms with van der Waals surface area (Å²) in [6.07, 6.45) is 1.63. The predicted molar refractivity (Wildman–Crippen MR) is 99.3 cm³/mol. The van der Waals surface area contributed by atoms with Gasteiger partial charge < -0.3 is 4.74 Å². The summed E-state index contributed by atoms with van der Waals surface area (Å²) >= 11 is 0. The summed E-state index contributed by atoms with van der Waals surface area (Å²) in [4.78, 5) is 22.0. The molecule has 136 valence electrons. The molecule has 0 saturated heterocycles. The van der Waals surface area contributed by atoms with Crippen molar-refractivity contribution in [3.8, 4) is 5.75 Å². The number of nitro groups is 1. The van der Waals surface area contributed by atoms with Gasteiger partial charge in [0.05, 0.1) is 24.2 Å². The number of hydrogen-bond donors (Lipinski definition) is 1. The van der Waals surface area contributed by atoms with Crippen molar-refractivity contribution < 1.29 is 14.5 Å². The van der Waals surface area contributed by atoms with Gasteiger partial charge in [-0.2, -0.15) is 5.10 Å². The SMILES string of the molecule is CC(C)COc1ccc(CC(=O)N/N=C/c2ccc([N+](=O)[O-])cc2)cc1.